The molecule has 2 N–H and O–H groups in total. The van der Waals surface area contributed by atoms with E-state index in [2.05, 4.69) is 70.7 Å². The number of hydrogen-bond donors (Lipinski definition) is 2. The number of rotatable bonds is 8. The van der Waals surface area contributed by atoms with Crippen molar-refractivity contribution in [2.45, 2.75) is 33.4 Å². The van der Waals surface area contributed by atoms with E-state index in [0.717, 1.165) is 43.6 Å². The van der Waals surface area contributed by atoms with Gasteiger partial charge in [0.2, 0.25) is 0 Å². The summed E-state index contributed by atoms with van der Waals surface area (Å²) < 4.78 is 0. The van der Waals surface area contributed by atoms with Crippen LogP contribution in [0.2, 0.25) is 0 Å². The van der Waals surface area contributed by atoms with Gasteiger partial charge in [-0.25, -0.2) is 4.98 Å². The molecule has 0 spiro atoms. The van der Waals surface area contributed by atoms with Crippen molar-refractivity contribution in [2.24, 2.45) is 4.99 Å². The van der Waals surface area contributed by atoms with Crippen LogP contribution >= 0.6 is 11.3 Å². The zero-order valence-electron chi connectivity index (χ0n) is 15.7. The zero-order chi connectivity index (χ0) is 18.1. The van der Waals surface area contributed by atoms with E-state index >= 15 is 0 Å². The molecule has 0 saturated heterocycles. The van der Waals surface area contributed by atoms with Crippen LogP contribution in [0.5, 0.6) is 0 Å². The Morgan fingerprint density at radius 1 is 1.28 bits per heavy atom. The molecule has 2 aromatic rings. The third kappa shape index (κ3) is 6.84. The van der Waals surface area contributed by atoms with Crippen molar-refractivity contribution in [1.82, 2.24) is 20.5 Å². The SMILES string of the molecule is CCN(C)Cc1cccc(CNC(=NC)NCCc2ncc(C)s2)c1. The summed E-state index contributed by atoms with van der Waals surface area (Å²) in [5.41, 5.74) is 2.60. The normalized spacial score (nSPS) is 11.8. The second-order valence-electron chi connectivity index (χ2n) is 6.12. The van der Waals surface area contributed by atoms with Gasteiger partial charge >= 0.3 is 0 Å². The van der Waals surface area contributed by atoms with Gasteiger partial charge in [0.15, 0.2) is 5.96 Å². The molecule has 0 fully saturated rings. The van der Waals surface area contributed by atoms with Crippen LogP contribution in [0.25, 0.3) is 0 Å². The molecule has 0 aliphatic carbocycles. The lowest BCUT2D eigenvalue weighted by Gasteiger charge is -2.15. The minimum Gasteiger partial charge on any atom is -0.356 e. The molecule has 0 bridgehead atoms. The minimum atomic E-state index is 0.764. The molecule has 25 heavy (non-hydrogen) atoms. The molecular formula is C19H29N5S. The maximum atomic E-state index is 4.39. The van der Waals surface area contributed by atoms with Crippen molar-refractivity contribution < 1.29 is 0 Å². The number of hydrogen-bond acceptors (Lipinski definition) is 4. The molecule has 2 rings (SSSR count). The summed E-state index contributed by atoms with van der Waals surface area (Å²) >= 11 is 1.75. The monoisotopic (exact) mass is 359 g/mol. The van der Waals surface area contributed by atoms with E-state index in [9.17, 15) is 0 Å². The molecule has 0 unspecified atom stereocenters. The van der Waals surface area contributed by atoms with Gasteiger partial charge in [-0.3, -0.25) is 4.99 Å². The molecule has 0 aliphatic rings. The van der Waals surface area contributed by atoms with Crippen LogP contribution in [0.1, 0.15) is 27.9 Å². The smallest absolute Gasteiger partial charge is 0.191 e. The highest BCUT2D eigenvalue weighted by Crippen LogP contribution is 2.11. The topological polar surface area (TPSA) is 52.5 Å². The largest absolute Gasteiger partial charge is 0.356 e. The van der Waals surface area contributed by atoms with Crippen LogP contribution in [0, 0.1) is 6.92 Å². The Labute approximate surface area is 155 Å². The molecule has 0 saturated carbocycles. The quantitative estimate of drug-likeness (QED) is 0.562. The second kappa shape index (κ2) is 10.2. The number of nitrogens with one attached hydrogen (secondary N) is 2. The maximum absolute atomic E-state index is 4.39. The Morgan fingerprint density at radius 3 is 2.76 bits per heavy atom. The molecule has 1 aromatic heterocycles. The first-order chi connectivity index (χ1) is 12.1. The van der Waals surface area contributed by atoms with Gasteiger partial charge in [0.05, 0.1) is 5.01 Å². The number of nitrogens with zero attached hydrogens (tertiary/aromatic N) is 3. The van der Waals surface area contributed by atoms with Crippen molar-refractivity contribution >= 4 is 17.3 Å². The van der Waals surface area contributed by atoms with E-state index in [0.29, 0.717) is 0 Å². The number of aliphatic imine (C=N–C) groups is 1. The molecule has 1 heterocycles. The molecule has 0 aliphatic heterocycles. The van der Waals surface area contributed by atoms with E-state index in [1.54, 1.807) is 18.4 Å². The average molecular weight is 360 g/mol. The van der Waals surface area contributed by atoms with E-state index in [1.165, 1.54) is 16.0 Å². The summed E-state index contributed by atoms with van der Waals surface area (Å²) in [6.45, 7) is 7.88. The van der Waals surface area contributed by atoms with Gasteiger partial charge in [-0.2, -0.15) is 0 Å². The summed E-state index contributed by atoms with van der Waals surface area (Å²) in [6.07, 6.45) is 2.84. The van der Waals surface area contributed by atoms with Crippen LogP contribution in [-0.4, -0.2) is 43.0 Å². The van der Waals surface area contributed by atoms with Gasteiger partial charge in [0.25, 0.3) is 0 Å². The number of guanidine groups is 1. The lowest BCUT2D eigenvalue weighted by molar-refractivity contribution is 0.345. The summed E-state index contributed by atoms with van der Waals surface area (Å²) in [4.78, 5) is 12.2. The molecule has 136 valence electrons. The van der Waals surface area contributed by atoms with Crippen LogP contribution in [0.4, 0.5) is 0 Å². The number of thiazole rings is 1. The number of benzene rings is 1. The summed E-state index contributed by atoms with van der Waals surface area (Å²) in [7, 11) is 3.94. The van der Waals surface area contributed by atoms with Gasteiger partial charge in [0, 0.05) is 44.2 Å². The molecule has 0 atom stereocenters. The Bertz CT molecular complexity index is 680. The van der Waals surface area contributed by atoms with Crippen molar-refractivity contribution in [1.29, 1.82) is 0 Å². The fourth-order valence-electron chi connectivity index (χ4n) is 2.47. The lowest BCUT2D eigenvalue weighted by atomic mass is 10.1. The van der Waals surface area contributed by atoms with Crippen molar-refractivity contribution in [3.63, 3.8) is 0 Å². The highest BCUT2D eigenvalue weighted by molar-refractivity contribution is 7.11. The summed E-state index contributed by atoms with van der Waals surface area (Å²) in [6, 6.07) is 8.70. The van der Waals surface area contributed by atoms with Crippen LogP contribution in [-0.2, 0) is 19.5 Å². The predicted octanol–water partition coefficient (Wildman–Crippen LogP) is 2.81. The van der Waals surface area contributed by atoms with Crippen molar-refractivity contribution in [3.05, 3.63) is 51.5 Å². The Hall–Kier alpha value is -1.92. The van der Waals surface area contributed by atoms with Gasteiger partial charge in [-0.15, -0.1) is 11.3 Å². The van der Waals surface area contributed by atoms with Gasteiger partial charge < -0.3 is 15.5 Å². The average Bonchev–Trinajstić information content (AvgIpc) is 3.03. The fourth-order valence-corrected chi connectivity index (χ4v) is 3.26. The molecule has 1 aromatic carbocycles. The van der Waals surface area contributed by atoms with E-state index in [-0.39, 0.29) is 0 Å². The lowest BCUT2D eigenvalue weighted by Crippen LogP contribution is -2.37. The number of aryl methyl sites for hydroxylation is 1. The van der Waals surface area contributed by atoms with Gasteiger partial charge in [-0.05, 0) is 31.6 Å². The standard InChI is InChI=1S/C19H29N5S/c1-5-24(4)14-17-8-6-7-16(11-17)13-23-19(20-3)21-10-9-18-22-12-15(2)25-18/h6-8,11-12H,5,9-10,13-14H2,1-4H3,(H2,20,21,23). The van der Waals surface area contributed by atoms with Crippen LogP contribution in [0.3, 0.4) is 0 Å². The second-order valence-corrected chi connectivity index (χ2v) is 7.44. The predicted molar refractivity (Wildman–Crippen MR) is 107 cm³/mol. The van der Waals surface area contributed by atoms with Crippen molar-refractivity contribution in [3.8, 4) is 0 Å². The molecule has 6 heteroatoms. The Kier molecular flexibility index (Phi) is 7.88. The minimum absolute atomic E-state index is 0.764. The van der Waals surface area contributed by atoms with E-state index < -0.39 is 0 Å². The van der Waals surface area contributed by atoms with E-state index in [1.807, 2.05) is 6.20 Å². The molecule has 5 nitrogen and oxygen atoms in total. The highest BCUT2D eigenvalue weighted by atomic mass is 32.1. The maximum Gasteiger partial charge on any atom is 0.191 e. The van der Waals surface area contributed by atoms with Crippen LogP contribution in [0.15, 0.2) is 35.5 Å². The first kappa shape index (κ1) is 19.4. The summed E-state index contributed by atoms with van der Waals surface area (Å²) in [5.74, 6) is 0.823. The highest BCUT2D eigenvalue weighted by Gasteiger charge is 2.03. The van der Waals surface area contributed by atoms with Gasteiger partial charge in [0.1, 0.15) is 0 Å². The Morgan fingerprint density at radius 2 is 2.08 bits per heavy atom. The van der Waals surface area contributed by atoms with Crippen LogP contribution < -0.4 is 10.6 Å². The Balaban J connectivity index is 1.79. The third-order valence-corrected chi connectivity index (χ3v) is 4.94. The first-order valence-corrected chi connectivity index (χ1v) is 9.54. The third-order valence-electron chi connectivity index (χ3n) is 3.97. The summed E-state index contributed by atoms with van der Waals surface area (Å²) in [5, 5.41) is 7.89. The molecule has 0 amide bonds. The molecular weight excluding hydrogens is 330 g/mol. The zero-order valence-corrected chi connectivity index (χ0v) is 16.5. The molecule has 0 radical (unpaired) electrons. The first-order valence-electron chi connectivity index (χ1n) is 8.73. The number of aromatic nitrogens is 1. The van der Waals surface area contributed by atoms with E-state index in [4.69, 9.17) is 0 Å². The van der Waals surface area contributed by atoms with Crippen molar-refractivity contribution in [2.75, 3.05) is 27.2 Å². The fraction of sp³-hybridized carbons (Fsp3) is 0.474. The van der Waals surface area contributed by atoms with Gasteiger partial charge in [-0.1, -0.05) is 31.2 Å².